The van der Waals surface area contributed by atoms with Gasteiger partial charge >= 0.3 is 138 Å². The Morgan fingerprint density at radius 3 is 1.14 bits per heavy atom. The molecule has 0 amide bonds. The van der Waals surface area contributed by atoms with E-state index in [1.165, 1.54) is 0 Å². The van der Waals surface area contributed by atoms with Crippen molar-refractivity contribution in [3.8, 4) is 0 Å². The standard InChI is InChI=1S/C19H18BrP/c1-21(20,17-11-5-2-6-12-17,18-13-7-3-8-14-18)19-15-9-4-10-16-19/h2-16H,1H3/i1D3. The van der Waals surface area contributed by atoms with Crippen molar-refractivity contribution in [3.05, 3.63) is 91.0 Å². The van der Waals surface area contributed by atoms with Gasteiger partial charge in [-0.05, 0) is 0 Å². The Morgan fingerprint density at radius 1 is 0.619 bits per heavy atom. The summed E-state index contributed by atoms with van der Waals surface area (Å²) in [6, 6.07) is 28.6. The molecule has 3 aromatic carbocycles. The van der Waals surface area contributed by atoms with Crippen molar-refractivity contribution in [2.75, 3.05) is 6.59 Å². The molecule has 0 nitrogen and oxygen atoms in total. The van der Waals surface area contributed by atoms with Crippen LogP contribution >= 0.6 is 20.8 Å². The van der Waals surface area contributed by atoms with Crippen LogP contribution in [-0.4, -0.2) is 6.59 Å². The van der Waals surface area contributed by atoms with Crippen molar-refractivity contribution in [2.45, 2.75) is 0 Å². The van der Waals surface area contributed by atoms with Crippen LogP contribution < -0.4 is 15.9 Å². The minimum absolute atomic E-state index is 0.806. The van der Waals surface area contributed by atoms with Crippen LogP contribution in [0.4, 0.5) is 0 Å². The second-order valence-electron chi connectivity index (χ2n) is 5.02. The quantitative estimate of drug-likeness (QED) is 0.605. The second kappa shape index (κ2) is 5.40. The van der Waals surface area contributed by atoms with E-state index in [-0.39, 0.29) is 0 Å². The SMILES string of the molecule is [2H]C([2H])([2H])P(Br)(c1ccccc1)(c1ccccc1)c1ccccc1. The summed E-state index contributed by atoms with van der Waals surface area (Å²) >= 11 is 3.91. The first kappa shape index (κ1) is 11.2. The summed E-state index contributed by atoms with van der Waals surface area (Å²) < 4.78 is 25.8. The first-order chi connectivity index (χ1) is 11.4. The van der Waals surface area contributed by atoms with Crippen molar-refractivity contribution in [1.82, 2.24) is 0 Å². The Morgan fingerprint density at radius 2 is 0.905 bits per heavy atom. The van der Waals surface area contributed by atoms with Gasteiger partial charge in [-0.25, -0.2) is 0 Å². The summed E-state index contributed by atoms with van der Waals surface area (Å²) in [6.45, 7) is -2.24. The van der Waals surface area contributed by atoms with Crippen molar-refractivity contribution >= 4 is 36.7 Å². The molecular weight excluding hydrogens is 339 g/mol. The molecule has 106 valence electrons. The zero-order valence-electron chi connectivity index (χ0n) is 14.5. The average molecular weight is 360 g/mol. The van der Waals surface area contributed by atoms with Crippen LogP contribution in [0.25, 0.3) is 0 Å². The Bertz CT molecular complexity index is 718. The van der Waals surface area contributed by atoms with E-state index in [1.54, 1.807) is 0 Å². The molecule has 0 aromatic heterocycles. The van der Waals surface area contributed by atoms with Crippen LogP contribution in [-0.2, 0) is 0 Å². The predicted molar refractivity (Wildman–Crippen MR) is 100.0 cm³/mol. The molecule has 0 unspecified atom stereocenters. The monoisotopic (exact) mass is 359 g/mol. The molecule has 0 aliphatic carbocycles. The summed E-state index contributed by atoms with van der Waals surface area (Å²) in [5, 5.41) is -1.41. The number of hydrogen-bond acceptors (Lipinski definition) is 0. The maximum absolute atomic E-state index is 8.59. The molecule has 3 aromatic rings. The number of benzene rings is 3. The topological polar surface area (TPSA) is 0 Å². The molecule has 0 saturated heterocycles. The summed E-state index contributed by atoms with van der Waals surface area (Å²) in [4.78, 5) is 0. The van der Waals surface area contributed by atoms with Gasteiger partial charge in [0.2, 0.25) is 0 Å². The third kappa shape index (κ3) is 2.35. The summed E-state index contributed by atoms with van der Waals surface area (Å²) in [5.74, 6) is 0. The van der Waals surface area contributed by atoms with Crippen LogP contribution in [0.5, 0.6) is 0 Å². The van der Waals surface area contributed by atoms with Crippen LogP contribution in [0.1, 0.15) is 4.11 Å². The molecule has 0 heterocycles. The van der Waals surface area contributed by atoms with E-state index in [1.807, 2.05) is 91.0 Å². The molecule has 0 fully saturated rings. The molecule has 0 aliphatic heterocycles. The van der Waals surface area contributed by atoms with Crippen LogP contribution in [0.2, 0.25) is 0 Å². The summed E-state index contributed by atoms with van der Waals surface area (Å²) in [7, 11) is 0. The molecule has 0 N–H and O–H groups in total. The molecule has 0 bridgehead atoms. The minimum atomic E-state index is -3.83. The first-order valence-corrected chi connectivity index (χ1v) is 11.1. The Labute approximate surface area is 138 Å². The van der Waals surface area contributed by atoms with Crippen molar-refractivity contribution < 1.29 is 4.11 Å². The number of halogens is 1. The van der Waals surface area contributed by atoms with Gasteiger partial charge in [0.15, 0.2) is 0 Å². The van der Waals surface area contributed by atoms with Gasteiger partial charge < -0.3 is 0 Å². The molecular formula is C19H18BrP. The molecule has 0 atom stereocenters. The van der Waals surface area contributed by atoms with Gasteiger partial charge in [0, 0.05) is 0 Å². The van der Waals surface area contributed by atoms with E-state index in [2.05, 4.69) is 15.5 Å². The van der Waals surface area contributed by atoms with E-state index < -0.39 is 11.9 Å². The fourth-order valence-electron chi connectivity index (χ4n) is 2.57. The summed E-state index contributed by atoms with van der Waals surface area (Å²) in [5.41, 5.74) is 0. The molecule has 0 radical (unpaired) electrons. The van der Waals surface area contributed by atoms with E-state index >= 15 is 0 Å². The Hall–Kier alpha value is -1.43. The molecule has 3 rings (SSSR count). The van der Waals surface area contributed by atoms with Gasteiger partial charge in [0.25, 0.3) is 0 Å². The summed E-state index contributed by atoms with van der Waals surface area (Å²) in [6.07, 6.45) is 0. The zero-order chi connectivity index (χ0) is 17.3. The van der Waals surface area contributed by atoms with Crippen LogP contribution in [0.15, 0.2) is 91.0 Å². The molecule has 2 heteroatoms. The average Bonchev–Trinajstić information content (AvgIpc) is 2.62. The van der Waals surface area contributed by atoms with E-state index in [4.69, 9.17) is 4.11 Å². The zero-order valence-corrected chi connectivity index (χ0v) is 14.0. The molecule has 0 aliphatic rings. The Balaban J connectivity index is 2.53. The number of hydrogen-bond donors (Lipinski definition) is 0. The van der Waals surface area contributed by atoms with Gasteiger partial charge in [0.1, 0.15) is 0 Å². The van der Waals surface area contributed by atoms with Crippen molar-refractivity contribution in [1.29, 1.82) is 0 Å². The van der Waals surface area contributed by atoms with Crippen LogP contribution in [0, 0.1) is 0 Å². The molecule has 21 heavy (non-hydrogen) atoms. The normalized spacial score (nSPS) is 16.0. The van der Waals surface area contributed by atoms with Gasteiger partial charge in [0.05, 0.1) is 0 Å². The van der Waals surface area contributed by atoms with Gasteiger partial charge in [-0.3, -0.25) is 0 Å². The van der Waals surface area contributed by atoms with E-state index in [0.717, 1.165) is 15.9 Å². The predicted octanol–water partition coefficient (Wildman–Crippen LogP) is 4.46. The maximum atomic E-state index is 8.59. The van der Waals surface area contributed by atoms with E-state index in [0.29, 0.717) is 0 Å². The fraction of sp³-hybridized carbons (Fsp3) is 0.0526. The van der Waals surface area contributed by atoms with Gasteiger partial charge in [-0.15, -0.1) is 0 Å². The third-order valence-corrected chi connectivity index (χ3v) is 11.2. The number of rotatable bonds is 3. The van der Waals surface area contributed by atoms with Crippen molar-refractivity contribution in [3.63, 3.8) is 0 Å². The fourth-order valence-corrected chi connectivity index (χ4v) is 7.79. The third-order valence-electron chi connectivity index (χ3n) is 3.72. The Kier molecular flexibility index (Phi) is 2.88. The van der Waals surface area contributed by atoms with Crippen molar-refractivity contribution in [2.24, 2.45) is 0 Å². The van der Waals surface area contributed by atoms with E-state index in [9.17, 15) is 0 Å². The second-order valence-corrected chi connectivity index (χ2v) is 12.8. The van der Waals surface area contributed by atoms with Gasteiger partial charge in [-0.1, -0.05) is 0 Å². The van der Waals surface area contributed by atoms with Gasteiger partial charge in [-0.2, -0.15) is 0 Å². The molecule has 0 saturated carbocycles. The first-order valence-electron chi connectivity index (χ1n) is 8.30. The molecule has 0 spiro atoms. The van der Waals surface area contributed by atoms with Crippen LogP contribution in [0.3, 0.4) is 0 Å².